The molecule has 1 saturated carbocycles. The number of phenolic OH excluding ortho intramolecular Hbond substituents is 1. The summed E-state index contributed by atoms with van der Waals surface area (Å²) in [7, 11) is 0. The highest BCUT2D eigenvalue weighted by Crippen LogP contribution is 2.41. The lowest BCUT2D eigenvalue weighted by atomic mass is 9.83. The molecule has 1 fully saturated rings. The summed E-state index contributed by atoms with van der Waals surface area (Å²) >= 11 is 0. The summed E-state index contributed by atoms with van der Waals surface area (Å²) in [6, 6.07) is 17.1. The molecular weight excluding hydrogens is 480 g/mol. The van der Waals surface area contributed by atoms with E-state index in [0.717, 1.165) is 42.6 Å². The Kier molecular flexibility index (Phi) is 7.24. The molecule has 0 spiro atoms. The molecule has 1 aliphatic rings. The summed E-state index contributed by atoms with van der Waals surface area (Å²) < 4.78 is 58.7. The largest absolute Gasteiger partial charge is 0.508 e. The average molecular weight is 511 g/mol. The van der Waals surface area contributed by atoms with Gasteiger partial charge >= 0.3 is 6.18 Å². The van der Waals surface area contributed by atoms with Crippen molar-refractivity contribution >= 4 is 10.9 Å². The van der Waals surface area contributed by atoms with Crippen molar-refractivity contribution in [1.29, 1.82) is 0 Å². The molecule has 0 aliphatic heterocycles. The van der Waals surface area contributed by atoms with Gasteiger partial charge in [-0.3, -0.25) is 0 Å². The monoisotopic (exact) mass is 510 g/mol. The van der Waals surface area contributed by atoms with E-state index in [1.807, 2.05) is 24.3 Å². The molecule has 0 radical (unpaired) electrons. The van der Waals surface area contributed by atoms with Gasteiger partial charge < -0.3 is 15.0 Å². The summed E-state index contributed by atoms with van der Waals surface area (Å²) in [6.45, 7) is 2.11. The third-order valence-electron chi connectivity index (χ3n) is 7.38. The van der Waals surface area contributed by atoms with Gasteiger partial charge in [-0.2, -0.15) is 13.2 Å². The van der Waals surface area contributed by atoms with E-state index < -0.39 is 17.6 Å². The number of halogens is 4. The van der Waals surface area contributed by atoms with E-state index in [1.165, 1.54) is 62.1 Å². The molecule has 3 nitrogen and oxygen atoms in total. The maximum Gasteiger partial charge on any atom is 0.417 e. The molecule has 5 rings (SSSR count). The smallest absolute Gasteiger partial charge is 0.417 e. The Bertz CT molecular complexity index is 1370. The van der Waals surface area contributed by atoms with E-state index in [-0.39, 0.29) is 28.9 Å². The van der Waals surface area contributed by atoms with Gasteiger partial charge in [0, 0.05) is 17.5 Å². The fraction of sp³-hybridized carbons (Fsp3) is 0.333. The first kappa shape index (κ1) is 25.3. The zero-order valence-electron chi connectivity index (χ0n) is 20.5. The van der Waals surface area contributed by atoms with Crippen molar-refractivity contribution in [3.8, 4) is 17.0 Å². The Morgan fingerprint density at radius 3 is 2.35 bits per heavy atom. The van der Waals surface area contributed by atoms with E-state index >= 15 is 4.39 Å². The highest BCUT2D eigenvalue weighted by molar-refractivity contribution is 5.90. The normalized spacial score (nSPS) is 14.3. The topological polar surface area (TPSA) is 37.2 Å². The van der Waals surface area contributed by atoms with Crippen molar-refractivity contribution in [3.63, 3.8) is 0 Å². The number of alkyl halides is 3. The Morgan fingerprint density at radius 2 is 1.65 bits per heavy atom. The van der Waals surface area contributed by atoms with Gasteiger partial charge in [-0.05, 0) is 67.2 Å². The minimum absolute atomic E-state index is 0.0802. The molecule has 1 aromatic heterocycles. The summed E-state index contributed by atoms with van der Waals surface area (Å²) in [5.74, 6) is -0.0459. The predicted octanol–water partition coefficient (Wildman–Crippen LogP) is 7.54. The van der Waals surface area contributed by atoms with Crippen LogP contribution in [-0.2, 0) is 19.1 Å². The van der Waals surface area contributed by atoms with Crippen LogP contribution < -0.4 is 5.32 Å². The van der Waals surface area contributed by atoms with Crippen molar-refractivity contribution < 1.29 is 22.7 Å². The SMILES string of the molecule is Oc1ccc2c(c1)c(F)c(-c1ccccc1C(F)(F)F)n2Cc1ccc(CCNCCC2CCC2)cc1. The standard InChI is InChI=1S/C30H30F4N2O/c31-28-25-18-23(37)12-13-27(25)36(29(28)24-6-1-2-7-26(24)30(32,33)34)19-22-10-8-21(9-11-22)15-17-35-16-14-20-4-3-5-20/h1-2,6-13,18,20,35,37H,3-5,14-17,19H2. The molecule has 37 heavy (non-hydrogen) atoms. The summed E-state index contributed by atoms with van der Waals surface area (Å²) in [4.78, 5) is 0. The first-order valence-electron chi connectivity index (χ1n) is 12.8. The maximum absolute atomic E-state index is 15.7. The van der Waals surface area contributed by atoms with Crippen LogP contribution in [0.25, 0.3) is 22.2 Å². The molecule has 0 atom stereocenters. The Hall–Kier alpha value is -3.32. The fourth-order valence-corrected chi connectivity index (χ4v) is 5.11. The van der Waals surface area contributed by atoms with Gasteiger partial charge in [0.2, 0.25) is 0 Å². The first-order valence-corrected chi connectivity index (χ1v) is 12.8. The molecule has 0 bridgehead atoms. The number of nitrogens with one attached hydrogen (secondary N) is 1. The van der Waals surface area contributed by atoms with Gasteiger partial charge in [0.1, 0.15) is 5.75 Å². The predicted molar refractivity (Wildman–Crippen MR) is 138 cm³/mol. The number of aromatic hydroxyl groups is 1. The molecular formula is C30H30F4N2O. The van der Waals surface area contributed by atoms with Crippen molar-refractivity contribution in [2.45, 2.75) is 44.8 Å². The van der Waals surface area contributed by atoms with Gasteiger partial charge in [-0.15, -0.1) is 0 Å². The molecule has 194 valence electrons. The van der Waals surface area contributed by atoms with Gasteiger partial charge in [-0.25, -0.2) is 4.39 Å². The highest BCUT2D eigenvalue weighted by Gasteiger charge is 2.35. The number of fused-ring (bicyclic) bond motifs is 1. The van der Waals surface area contributed by atoms with Crippen LogP contribution in [0, 0.1) is 11.7 Å². The van der Waals surface area contributed by atoms with Crippen molar-refractivity contribution in [3.05, 3.63) is 89.2 Å². The zero-order chi connectivity index (χ0) is 26.0. The van der Waals surface area contributed by atoms with Gasteiger partial charge in [0.25, 0.3) is 0 Å². The Balaban J connectivity index is 1.40. The molecule has 3 aromatic carbocycles. The Morgan fingerprint density at radius 1 is 0.919 bits per heavy atom. The second kappa shape index (κ2) is 10.6. The zero-order valence-corrected chi connectivity index (χ0v) is 20.5. The van der Waals surface area contributed by atoms with Crippen LogP contribution in [0.15, 0.2) is 66.7 Å². The number of benzene rings is 3. The summed E-state index contributed by atoms with van der Waals surface area (Å²) in [5, 5.41) is 13.5. The number of hydrogen-bond donors (Lipinski definition) is 2. The Labute approximate surface area is 213 Å². The number of phenols is 1. The van der Waals surface area contributed by atoms with Crippen molar-refractivity contribution in [2.75, 3.05) is 13.1 Å². The molecule has 0 unspecified atom stereocenters. The summed E-state index contributed by atoms with van der Waals surface area (Å²) in [5.41, 5.74) is 1.15. The van der Waals surface area contributed by atoms with E-state index in [9.17, 15) is 18.3 Å². The molecule has 0 saturated heterocycles. The molecule has 7 heteroatoms. The van der Waals surface area contributed by atoms with Gasteiger partial charge in [0.05, 0.1) is 16.8 Å². The van der Waals surface area contributed by atoms with Crippen LogP contribution in [0.4, 0.5) is 17.6 Å². The second-order valence-electron chi connectivity index (χ2n) is 9.90. The lowest BCUT2D eigenvalue weighted by Crippen LogP contribution is -2.23. The average Bonchev–Trinajstić information content (AvgIpc) is 3.11. The van der Waals surface area contributed by atoms with Crippen molar-refractivity contribution in [2.24, 2.45) is 5.92 Å². The van der Waals surface area contributed by atoms with Crippen LogP contribution in [0.3, 0.4) is 0 Å². The number of aromatic nitrogens is 1. The third kappa shape index (κ3) is 5.52. The van der Waals surface area contributed by atoms with Crippen LogP contribution in [-0.4, -0.2) is 22.8 Å². The number of hydrogen-bond acceptors (Lipinski definition) is 2. The third-order valence-corrected chi connectivity index (χ3v) is 7.38. The second-order valence-corrected chi connectivity index (χ2v) is 9.90. The van der Waals surface area contributed by atoms with E-state index in [2.05, 4.69) is 5.32 Å². The number of nitrogens with zero attached hydrogens (tertiary/aromatic N) is 1. The van der Waals surface area contributed by atoms with E-state index in [4.69, 9.17) is 0 Å². The maximum atomic E-state index is 15.7. The molecule has 1 heterocycles. The van der Waals surface area contributed by atoms with Crippen LogP contribution >= 0.6 is 0 Å². The molecule has 2 N–H and O–H groups in total. The first-order chi connectivity index (χ1) is 17.8. The lowest BCUT2D eigenvalue weighted by Gasteiger charge is -2.25. The quantitative estimate of drug-likeness (QED) is 0.180. The van der Waals surface area contributed by atoms with Gasteiger partial charge in [0.15, 0.2) is 5.82 Å². The summed E-state index contributed by atoms with van der Waals surface area (Å²) in [6.07, 6.45) is 1.55. The van der Waals surface area contributed by atoms with Crippen molar-refractivity contribution in [1.82, 2.24) is 9.88 Å². The van der Waals surface area contributed by atoms with E-state index in [1.54, 1.807) is 4.57 Å². The van der Waals surface area contributed by atoms with Crippen LogP contribution in [0.5, 0.6) is 5.75 Å². The molecule has 0 amide bonds. The van der Waals surface area contributed by atoms with Crippen LogP contribution in [0.1, 0.15) is 42.4 Å². The minimum Gasteiger partial charge on any atom is -0.508 e. The van der Waals surface area contributed by atoms with Gasteiger partial charge in [-0.1, -0.05) is 61.7 Å². The lowest BCUT2D eigenvalue weighted by molar-refractivity contribution is -0.137. The van der Waals surface area contributed by atoms with Crippen LogP contribution in [0.2, 0.25) is 0 Å². The minimum atomic E-state index is -4.64. The molecule has 4 aromatic rings. The van der Waals surface area contributed by atoms with E-state index in [0.29, 0.717) is 5.52 Å². The molecule has 1 aliphatic carbocycles. The highest BCUT2D eigenvalue weighted by atomic mass is 19.4. The fourth-order valence-electron chi connectivity index (χ4n) is 5.11. The number of rotatable bonds is 9.